The van der Waals surface area contributed by atoms with E-state index in [0.29, 0.717) is 37.8 Å². The van der Waals surface area contributed by atoms with Gasteiger partial charge in [0, 0.05) is 31.8 Å². The van der Waals surface area contributed by atoms with E-state index in [1.807, 2.05) is 45.0 Å². The fourth-order valence-electron chi connectivity index (χ4n) is 7.86. The molecule has 6 aliphatic rings. The summed E-state index contributed by atoms with van der Waals surface area (Å²) in [5.74, 6) is 7.36. The minimum atomic E-state index is -0.0972. The molecule has 65 heavy (non-hydrogen) atoms. The monoisotopic (exact) mass is 1250 g/mol. The summed E-state index contributed by atoms with van der Waals surface area (Å²) in [7, 11) is 11.3. The summed E-state index contributed by atoms with van der Waals surface area (Å²) in [5.41, 5.74) is 1.94. The summed E-state index contributed by atoms with van der Waals surface area (Å²) in [6.07, 6.45) is 25.8. The summed E-state index contributed by atoms with van der Waals surface area (Å²) in [6.45, 7) is 11.1. The summed E-state index contributed by atoms with van der Waals surface area (Å²) in [5, 5.41) is 21.1. The number of likely N-dealkylation sites (N-methyl/N-ethyl adjacent to an activating group) is 2. The van der Waals surface area contributed by atoms with Crippen LogP contribution in [0.25, 0.3) is 0 Å². The zero-order valence-corrected chi connectivity index (χ0v) is 46.5. The molecular formula is C46H75I3N9O7-. The molecule has 8 heterocycles. The number of hydrogen-bond donors (Lipinski definition) is 2. The molecule has 19 heteroatoms. The molecule has 2 aromatic heterocycles. The third kappa shape index (κ3) is 23.5. The van der Waals surface area contributed by atoms with Gasteiger partial charge in [0.25, 0.3) is 0 Å². The van der Waals surface area contributed by atoms with Crippen LogP contribution in [0, 0.1) is 38.5 Å². The molecule has 6 fully saturated rings. The van der Waals surface area contributed by atoms with Gasteiger partial charge in [0.1, 0.15) is 12.3 Å². The van der Waals surface area contributed by atoms with E-state index in [2.05, 4.69) is 103 Å². The van der Waals surface area contributed by atoms with Crippen molar-refractivity contribution in [3.05, 3.63) is 35.0 Å². The fraction of sp³-hybridized carbons (Fsp3) is 0.696. The Kier molecular flexibility index (Phi) is 33.3. The Hall–Kier alpha value is -2.39. The van der Waals surface area contributed by atoms with Crippen molar-refractivity contribution in [2.24, 2.45) is 5.16 Å². The predicted molar refractivity (Wildman–Crippen MR) is 270 cm³/mol. The van der Waals surface area contributed by atoms with Crippen LogP contribution in [0.5, 0.6) is 0 Å². The van der Waals surface area contributed by atoms with Crippen molar-refractivity contribution in [1.82, 2.24) is 40.1 Å². The number of methoxy groups -OCH3 is 1. The number of ether oxygens (including phenoxy) is 1. The Morgan fingerprint density at radius 1 is 0.846 bits per heavy atom. The number of likely N-dealkylation sites (tertiary alicyclic amines) is 5. The van der Waals surface area contributed by atoms with E-state index in [0.717, 1.165) is 74.5 Å². The fourth-order valence-corrected chi connectivity index (χ4v) is 7.86. The van der Waals surface area contributed by atoms with E-state index < -0.39 is 0 Å². The molecule has 6 aliphatic heterocycles. The molecule has 0 saturated carbocycles. The van der Waals surface area contributed by atoms with Crippen LogP contribution >= 0.6 is 37.2 Å². The van der Waals surface area contributed by atoms with Crippen molar-refractivity contribution in [3.63, 3.8) is 0 Å². The summed E-state index contributed by atoms with van der Waals surface area (Å²) < 4.78 is 15.0. The van der Waals surface area contributed by atoms with Gasteiger partial charge in [-0.2, -0.15) is 0 Å². The predicted octanol–water partition coefficient (Wildman–Crippen LogP) is 3.89. The number of terminal acetylenes is 2. The molecule has 6 atom stereocenters. The van der Waals surface area contributed by atoms with E-state index in [4.69, 9.17) is 27.1 Å². The summed E-state index contributed by atoms with van der Waals surface area (Å²) >= 11 is 5.30. The number of aldehydes is 1. The topological polar surface area (TPSA) is 173 Å². The Bertz CT molecular complexity index is 1730. The van der Waals surface area contributed by atoms with Crippen molar-refractivity contribution >= 4 is 61.6 Å². The van der Waals surface area contributed by atoms with Crippen LogP contribution in [0.4, 0.5) is 0 Å². The van der Waals surface area contributed by atoms with E-state index in [-0.39, 0.29) is 30.0 Å². The van der Waals surface area contributed by atoms with Crippen molar-refractivity contribution in [2.45, 2.75) is 134 Å². The number of aryl methyl sites for hydroxylation is 2. The van der Waals surface area contributed by atoms with Crippen LogP contribution in [0.1, 0.15) is 119 Å². The molecule has 368 valence electrons. The number of carbonyl (C=O) groups excluding carboxylic acids is 3. The Morgan fingerprint density at radius 2 is 1.38 bits per heavy atom. The molecule has 0 aromatic carbocycles. The van der Waals surface area contributed by atoms with Gasteiger partial charge in [-0.05, 0) is 152 Å². The number of carbonyl (C=O) groups is 3. The van der Waals surface area contributed by atoms with Gasteiger partial charge >= 0.3 is 56.5 Å². The number of rotatable bonds is 4. The number of halogens is 3. The average Bonchev–Trinajstić information content (AvgIpc) is 4.16. The maximum absolute atomic E-state index is 11.0. The number of nitrogens with zero attached hydrogens (tertiary/aromatic N) is 8. The van der Waals surface area contributed by atoms with Gasteiger partial charge in [0.05, 0.1) is 48.7 Å². The number of esters is 1. The van der Waals surface area contributed by atoms with Gasteiger partial charge in [0.2, 0.25) is 5.91 Å². The standard InChI is InChI=1S/C9H14N2O.C8H12N2O.C7H13NO2.C7H9NO.C7H11N.C6H11NO.C2H5NO.I3/c1-7-6-9(12-10-7)8-4-3-5-11(8)2;1-6-5-8(11-10-6)7-3-2-4-9-7;1-8-5-3-4-6(8)7(9)10-2;1-3-6-4-5-7(9)8(6)2;1-3-7-5-4-6-8(7)2;1-7-4-2-3-6(7)5-8;1-2-3-4;1-3-2/h6,8H,3-5H2,1-2H3;5,7,9H,2-4H2,1H3;6H,3-5H2,1-2H3;1,6H,4-5H2,2H3;1,7H,4-6H2,2H3;5-6H,2-4H2,1H3;2,4H,1H3;/q;;;;;;;-1/b;;;;;;3-2+;. The van der Waals surface area contributed by atoms with E-state index in [1.54, 1.807) is 18.9 Å². The summed E-state index contributed by atoms with van der Waals surface area (Å²) in [4.78, 5) is 42.2. The van der Waals surface area contributed by atoms with Crippen LogP contribution in [0.3, 0.4) is 0 Å². The van der Waals surface area contributed by atoms with Crippen LogP contribution < -0.4 is 18.6 Å². The molecule has 8 rings (SSSR count). The molecule has 0 aliphatic carbocycles. The molecule has 2 N–H and O–H groups in total. The number of hydrogen-bond acceptors (Lipinski definition) is 15. The second-order valence-corrected chi connectivity index (χ2v) is 32.7. The molecular weight excluding hydrogens is 1170 g/mol. The van der Waals surface area contributed by atoms with Gasteiger partial charge in [-0.3, -0.25) is 29.2 Å². The van der Waals surface area contributed by atoms with E-state index in [9.17, 15) is 14.4 Å². The SMILES string of the molecule is C#CC1CCC(=O)N1C.C#CC1CCCN1C.C/C=N/O.CN1CCCC1C=O.COC(=O)C1CCCN1C.Cc1cc(C2CCCN2)on1.Cc1cc(C2CCCN2C)on1.I[I-]I. The number of aromatic nitrogens is 2. The first-order chi connectivity index (χ1) is 31.2. The van der Waals surface area contributed by atoms with Crippen LogP contribution in [-0.2, 0) is 19.1 Å². The van der Waals surface area contributed by atoms with Crippen molar-refractivity contribution in [3.8, 4) is 24.7 Å². The second-order valence-electron chi connectivity index (χ2n) is 16.5. The van der Waals surface area contributed by atoms with Crippen molar-refractivity contribution in [2.75, 3.05) is 75.1 Å². The summed E-state index contributed by atoms with van der Waals surface area (Å²) in [6, 6.07) is 5.63. The van der Waals surface area contributed by atoms with Gasteiger partial charge in [-0.1, -0.05) is 22.2 Å². The van der Waals surface area contributed by atoms with Crippen LogP contribution in [-0.4, -0.2) is 164 Å². The van der Waals surface area contributed by atoms with Gasteiger partial charge in [-0.25, -0.2) is 0 Å². The normalized spacial score (nSPS) is 24.9. The van der Waals surface area contributed by atoms with E-state index >= 15 is 0 Å². The van der Waals surface area contributed by atoms with Crippen LogP contribution in [0.15, 0.2) is 26.3 Å². The first-order valence-electron chi connectivity index (χ1n) is 22.3. The molecule has 16 nitrogen and oxygen atoms in total. The molecule has 2 aromatic rings. The molecule has 0 radical (unpaired) electrons. The number of oxime groups is 1. The molecule has 0 spiro atoms. The third-order valence-corrected chi connectivity index (χ3v) is 11.8. The number of amides is 1. The third-order valence-electron chi connectivity index (χ3n) is 11.8. The van der Waals surface area contributed by atoms with Crippen LogP contribution in [0.2, 0.25) is 0 Å². The quantitative estimate of drug-likeness (QED) is 0.0860. The Morgan fingerprint density at radius 3 is 1.71 bits per heavy atom. The zero-order valence-electron chi connectivity index (χ0n) is 40.1. The zero-order chi connectivity index (χ0) is 48.7. The molecule has 6 unspecified atom stereocenters. The van der Waals surface area contributed by atoms with Gasteiger partial charge in [0.15, 0.2) is 11.5 Å². The molecule has 1 amide bonds. The van der Waals surface area contributed by atoms with Crippen molar-refractivity contribution in [1.29, 1.82) is 0 Å². The maximum atomic E-state index is 11.0. The minimum absolute atomic E-state index is 0.0185. The molecule has 0 bridgehead atoms. The molecule has 6 saturated heterocycles. The number of nitrogens with one attached hydrogen (secondary N) is 1. The first kappa shape index (κ1) is 60.6. The van der Waals surface area contributed by atoms with Gasteiger partial charge in [-0.15, -0.1) is 18.0 Å². The van der Waals surface area contributed by atoms with E-state index in [1.165, 1.54) is 71.4 Å². The second kappa shape index (κ2) is 35.7. The Labute approximate surface area is 419 Å². The Balaban J connectivity index is 0.000000381. The van der Waals surface area contributed by atoms with Gasteiger partial charge < -0.3 is 34.0 Å². The average molecular weight is 1250 g/mol. The van der Waals surface area contributed by atoms with Crippen molar-refractivity contribution < 1.29 is 46.6 Å². The first-order valence-corrected chi connectivity index (χ1v) is 34.8.